The molecular weight excluding hydrogens is 344 g/mol. The van der Waals surface area contributed by atoms with E-state index in [2.05, 4.69) is 51.2 Å². The van der Waals surface area contributed by atoms with Crippen molar-refractivity contribution in [1.29, 1.82) is 0 Å². The van der Waals surface area contributed by atoms with Crippen molar-refractivity contribution in [3.63, 3.8) is 0 Å². The molecule has 0 bridgehead atoms. The van der Waals surface area contributed by atoms with Gasteiger partial charge in [-0.25, -0.2) is 22.5 Å². The summed E-state index contributed by atoms with van der Waals surface area (Å²) >= 11 is 0. The fraction of sp³-hybridized carbons (Fsp3) is 0.600. The van der Waals surface area contributed by atoms with Crippen LogP contribution in [0, 0.1) is 12.2 Å². The molecule has 3 heteroatoms. The molecule has 2 fully saturated rings. The van der Waals surface area contributed by atoms with Crippen LogP contribution >= 0.6 is 0 Å². The monoisotopic (exact) mass is 374 g/mol. The van der Waals surface area contributed by atoms with Gasteiger partial charge in [0, 0.05) is 16.1 Å². The van der Waals surface area contributed by atoms with Crippen LogP contribution in [0.2, 0.25) is 37.3 Å². The summed E-state index contributed by atoms with van der Waals surface area (Å²) in [6.07, 6.45) is 17.2. The van der Waals surface area contributed by atoms with E-state index in [0.29, 0.717) is 0 Å². The van der Waals surface area contributed by atoms with Crippen LogP contribution in [-0.4, -0.2) is 16.1 Å². The average Bonchev–Trinajstić information content (AvgIpc) is 3.03. The van der Waals surface area contributed by atoms with Crippen LogP contribution in [-0.2, 0) is 21.7 Å². The Hall–Kier alpha value is 0.108. The Bertz CT molecular complexity index is 520. The Morgan fingerprint density at radius 1 is 0.739 bits per heavy atom. The van der Waals surface area contributed by atoms with Crippen molar-refractivity contribution in [3.05, 3.63) is 45.8 Å². The van der Waals surface area contributed by atoms with Crippen LogP contribution in [0.4, 0.5) is 0 Å². The number of allylic oxidation sites excluding steroid dienone is 8. The van der Waals surface area contributed by atoms with Crippen LogP contribution in [0.15, 0.2) is 33.7 Å². The summed E-state index contributed by atoms with van der Waals surface area (Å²) in [5.74, 6) is 0. The van der Waals surface area contributed by atoms with E-state index in [1.165, 1.54) is 61.0 Å². The summed E-state index contributed by atoms with van der Waals surface area (Å²) in [4.78, 5) is 0. The molecule has 0 unspecified atom stereocenters. The number of hydrogen-bond donors (Lipinski definition) is 0. The van der Waals surface area contributed by atoms with E-state index in [0.717, 1.165) is 0 Å². The molecule has 2 heterocycles. The molecule has 2 aliphatic heterocycles. The average molecular weight is 374 g/mol. The molecule has 0 nitrogen and oxygen atoms in total. The van der Waals surface area contributed by atoms with E-state index < -0.39 is 16.1 Å². The second kappa shape index (κ2) is 7.56. The van der Waals surface area contributed by atoms with Gasteiger partial charge in [-0.15, -0.1) is 0 Å². The largest absolute Gasteiger partial charge is 2.00 e. The van der Waals surface area contributed by atoms with Gasteiger partial charge in [-0.1, -0.05) is 76.8 Å². The molecule has 0 aromatic carbocycles. The first-order valence-electron chi connectivity index (χ1n) is 9.02. The summed E-state index contributed by atoms with van der Waals surface area (Å²) in [6, 6.07) is 6.05. The van der Waals surface area contributed by atoms with Gasteiger partial charge < -0.3 is 0 Å². The van der Waals surface area contributed by atoms with Crippen LogP contribution in [0.3, 0.4) is 0 Å². The molecule has 2 aliphatic carbocycles. The molecule has 122 valence electrons. The molecule has 0 N–H and O–H groups in total. The molecule has 23 heavy (non-hydrogen) atoms. The summed E-state index contributed by atoms with van der Waals surface area (Å²) in [7, 11) is -1.75. The second-order valence-corrected chi connectivity index (χ2v) is 17.6. The standard InChI is InChI=1S/2C10H15Si.Ti/c2*1-9-4-5-10(8-9)11(2)6-3-7-11;/h2*5H,3-4,6-7H2,1-2H3;/q2*-1;+2. The summed E-state index contributed by atoms with van der Waals surface area (Å²) in [5.41, 5.74) is 2.89. The van der Waals surface area contributed by atoms with Crippen molar-refractivity contribution < 1.29 is 21.7 Å². The van der Waals surface area contributed by atoms with Crippen LogP contribution in [0.25, 0.3) is 0 Å². The maximum Gasteiger partial charge on any atom is 2.00 e. The van der Waals surface area contributed by atoms with Gasteiger partial charge in [-0.05, 0) is 0 Å². The third-order valence-electron chi connectivity index (χ3n) is 6.14. The minimum Gasteiger partial charge on any atom is -0.254 e. The van der Waals surface area contributed by atoms with Crippen molar-refractivity contribution in [2.75, 3.05) is 0 Å². The van der Waals surface area contributed by atoms with Crippen LogP contribution < -0.4 is 0 Å². The minimum atomic E-state index is -0.876. The van der Waals surface area contributed by atoms with Gasteiger partial charge in [0.2, 0.25) is 0 Å². The summed E-state index contributed by atoms with van der Waals surface area (Å²) < 4.78 is 0. The van der Waals surface area contributed by atoms with Gasteiger partial charge in [0.15, 0.2) is 0 Å². The van der Waals surface area contributed by atoms with E-state index in [9.17, 15) is 0 Å². The summed E-state index contributed by atoms with van der Waals surface area (Å²) in [5, 5.41) is 3.25. The van der Waals surface area contributed by atoms with E-state index in [1.54, 1.807) is 10.4 Å². The van der Waals surface area contributed by atoms with Crippen LogP contribution in [0.5, 0.6) is 0 Å². The smallest absolute Gasteiger partial charge is 0.254 e. The van der Waals surface area contributed by atoms with Crippen LogP contribution in [0.1, 0.15) is 39.5 Å². The third kappa shape index (κ3) is 4.20. The van der Waals surface area contributed by atoms with E-state index >= 15 is 0 Å². The van der Waals surface area contributed by atoms with Gasteiger partial charge in [-0.3, -0.25) is 12.2 Å². The molecule has 4 rings (SSSR count). The predicted molar refractivity (Wildman–Crippen MR) is 102 cm³/mol. The molecule has 0 radical (unpaired) electrons. The Morgan fingerprint density at radius 2 is 1.09 bits per heavy atom. The first kappa shape index (κ1) is 19.4. The zero-order valence-corrected chi connectivity index (χ0v) is 18.9. The zero-order chi connectivity index (χ0) is 15.8. The maximum atomic E-state index is 3.54. The molecule has 4 aliphatic rings. The molecular formula is C20H30Si2Ti. The van der Waals surface area contributed by atoms with Crippen molar-refractivity contribution >= 4 is 16.1 Å². The molecule has 0 amide bonds. The fourth-order valence-electron chi connectivity index (χ4n) is 3.92. The SMILES string of the molecule is CC1=[C-]C([Si]2(C)CCC2)=CC1.CC1=[C-]C([Si]2(C)CCC2)=CC1.[Ti+2]. The number of hydrogen-bond acceptors (Lipinski definition) is 0. The van der Waals surface area contributed by atoms with Gasteiger partial charge in [0.1, 0.15) is 0 Å². The van der Waals surface area contributed by atoms with E-state index in [1.807, 2.05) is 0 Å². The number of rotatable bonds is 2. The van der Waals surface area contributed by atoms with Crippen molar-refractivity contribution in [2.45, 2.75) is 76.8 Å². The van der Waals surface area contributed by atoms with E-state index in [-0.39, 0.29) is 21.7 Å². The van der Waals surface area contributed by atoms with Gasteiger partial charge >= 0.3 is 21.7 Å². The first-order valence-corrected chi connectivity index (χ1v) is 14.8. The topological polar surface area (TPSA) is 0 Å². The molecule has 0 aromatic heterocycles. The zero-order valence-electron chi connectivity index (χ0n) is 15.3. The van der Waals surface area contributed by atoms with Gasteiger partial charge in [0.25, 0.3) is 0 Å². The van der Waals surface area contributed by atoms with E-state index in [4.69, 9.17) is 0 Å². The normalized spacial score (nSPS) is 26.3. The molecule has 2 saturated heterocycles. The van der Waals surface area contributed by atoms with Crippen molar-refractivity contribution in [3.8, 4) is 0 Å². The minimum absolute atomic E-state index is 0. The fourth-order valence-corrected chi connectivity index (χ4v) is 10.0. The van der Waals surface area contributed by atoms with Gasteiger partial charge in [-0.2, -0.15) is 11.1 Å². The summed E-state index contributed by atoms with van der Waals surface area (Å²) in [6.45, 7) is 9.40. The quantitative estimate of drug-likeness (QED) is 0.400. The Labute approximate surface area is 160 Å². The first-order chi connectivity index (χ1) is 10.4. The third-order valence-corrected chi connectivity index (χ3v) is 15.2. The van der Waals surface area contributed by atoms with Gasteiger partial charge in [0.05, 0.1) is 0 Å². The Kier molecular flexibility index (Phi) is 6.38. The Morgan fingerprint density at radius 3 is 1.26 bits per heavy atom. The van der Waals surface area contributed by atoms with Crippen molar-refractivity contribution in [2.24, 2.45) is 0 Å². The Balaban J connectivity index is 0.000000160. The predicted octanol–water partition coefficient (Wildman–Crippen LogP) is 6.17. The molecule has 0 spiro atoms. The molecule has 0 atom stereocenters. The van der Waals surface area contributed by atoms with Crippen molar-refractivity contribution in [1.82, 2.24) is 0 Å². The second-order valence-electron chi connectivity index (χ2n) is 8.28. The molecule has 0 saturated carbocycles. The molecule has 0 aromatic rings. The maximum absolute atomic E-state index is 3.54.